The molecule has 0 fully saturated rings. The third-order valence-corrected chi connectivity index (χ3v) is 9.07. The quantitative estimate of drug-likeness (QED) is 0.128. The molecule has 4 rings (SSSR count). The van der Waals surface area contributed by atoms with Crippen molar-refractivity contribution in [2.24, 2.45) is 5.10 Å². The van der Waals surface area contributed by atoms with Gasteiger partial charge in [-0.15, -0.1) is 0 Å². The number of sulfonamides is 1. The largest absolute Gasteiger partial charge is 0.318 e. The maximum atomic E-state index is 13.2. The molecule has 1 amide bonds. The van der Waals surface area contributed by atoms with Gasteiger partial charge in [-0.3, -0.25) is 4.79 Å². The van der Waals surface area contributed by atoms with Gasteiger partial charge >= 0.3 is 0 Å². The number of hydrazone groups is 1. The Kier molecular flexibility index (Phi) is 9.51. The number of nitrogens with one attached hydrogen (secondary N) is 2. The van der Waals surface area contributed by atoms with Crippen LogP contribution in [-0.2, 0) is 26.7 Å². The van der Waals surface area contributed by atoms with Gasteiger partial charge in [-0.1, -0.05) is 63.2 Å². The van der Waals surface area contributed by atoms with Crippen LogP contribution < -0.4 is 10.1 Å². The number of carbonyl (C=O) groups is 1. The molecule has 0 radical (unpaired) electrons. The number of hydrogen-bond donors (Lipinski definition) is 2. The number of rotatable bonds is 9. The van der Waals surface area contributed by atoms with E-state index in [0.29, 0.717) is 0 Å². The predicted molar refractivity (Wildman–Crippen MR) is 173 cm³/mol. The van der Waals surface area contributed by atoms with Crippen molar-refractivity contribution in [1.29, 1.82) is 0 Å². The van der Waals surface area contributed by atoms with Crippen LogP contribution in [-0.4, -0.2) is 31.1 Å². The fourth-order valence-corrected chi connectivity index (χ4v) is 6.13. The van der Waals surface area contributed by atoms with Gasteiger partial charge in [0.2, 0.25) is 10.0 Å². The van der Waals surface area contributed by atoms with Crippen molar-refractivity contribution in [3.8, 4) is 5.69 Å². The minimum atomic E-state index is -3.94. The normalized spacial score (nSPS) is 12.9. The van der Waals surface area contributed by atoms with Gasteiger partial charge in [0, 0.05) is 26.2 Å². The van der Waals surface area contributed by atoms with Crippen molar-refractivity contribution in [2.75, 3.05) is 0 Å². The molecule has 7 nitrogen and oxygen atoms in total. The Morgan fingerprint density at radius 1 is 0.976 bits per heavy atom. The summed E-state index contributed by atoms with van der Waals surface area (Å²) in [6, 6.07) is 25.2. The lowest BCUT2D eigenvalue weighted by atomic mass is 9.87. The van der Waals surface area contributed by atoms with Crippen LogP contribution in [0.1, 0.15) is 48.8 Å². The molecular weight excluding hydrogens is 647 g/mol. The Bertz CT molecular complexity index is 1640. The fraction of sp³-hybridized carbons (Fsp3) is 0.250. The van der Waals surface area contributed by atoms with Crippen molar-refractivity contribution >= 4 is 44.7 Å². The molecule has 0 saturated heterocycles. The van der Waals surface area contributed by atoms with Crippen molar-refractivity contribution in [2.45, 2.75) is 57.4 Å². The van der Waals surface area contributed by atoms with Gasteiger partial charge in [0.15, 0.2) is 0 Å². The Labute approximate surface area is 256 Å². The molecule has 214 valence electrons. The molecular formula is C32H35IN4O3S. The average Bonchev–Trinajstić information content (AvgIpc) is 3.21. The Hall–Kier alpha value is -3.28. The first-order valence-corrected chi connectivity index (χ1v) is 15.9. The number of amides is 1. The molecule has 0 bridgehead atoms. The lowest BCUT2D eigenvalue weighted by Crippen LogP contribution is -2.46. The molecule has 4 aromatic rings. The first-order chi connectivity index (χ1) is 19.3. The van der Waals surface area contributed by atoms with E-state index in [1.54, 1.807) is 18.3 Å². The number of hydrogen-bond acceptors (Lipinski definition) is 4. The van der Waals surface area contributed by atoms with Crippen LogP contribution in [0.15, 0.2) is 94.9 Å². The molecule has 0 aliphatic carbocycles. The monoisotopic (exact) mass is 682 g/mol. The summed E-state index contributed by atoms with van der Waals surface area (Å²) in [7, 11) is -3.94. The third kappa shape index (κ3) is 7.72. The van der Waals surface area contributed by atoms with Gasteiger partial charge in [0.25, 0.3) is 5.91 Å². The van der Waals surface area contributed by atoms with E-state index in [-0.39, 0.29) is 16.7 Å². The Balaban J connectivity index is 1.53. The minimum absolute atomic E-state index is 0.0712. The zero-order valence-corrected chi connectivity index (χ0v) is 26.8. The van der Waals surface area contributed by atoms with E-state index in [0.717, 1.165) is 31.8 Å². The van der Waals surface area contributed by atoms with Crippen molar-refractivity contribution in [1.82, 2.24) is 14.7 Å². The number of halogens is 1. The highest BCUT2D eigenvalue weighted by molar-refractivity contribution is 14.1. The Morgan fingerprint density at radius 3 is 2.22 bits per heavy atom. The summed E-state index contributed by atoms with van der Waals surface area (Å²) in [6.45, 7) is 10.6. The number of benzene rings is 3. The molecule has 1 aromatic heterocycles. The van der Waals surface area contributed by atoms with Crippen LogP contribution in [0.5, 0.6) is 0 Å². The highest BCUT2D eigenvalue weighted by Gasteiger charge is 2.26. The Morgan fingerprint density at radius 2 is 1.61 bits per heavy atom. The van der Waals surface area contributed by atoms with E-state index in [9.17, 15) is 13.2 Å². The zero-order valence-electron chi connectivity index (χ0n) is 23.9. The molecule has 1 heterocycles. The van der Waals surface area contributed by atoms with E-state index < -0.39 is 22.0 Å². The molecule has 0 unspecified atom stereocenters. The molecule has 0 spiro atoms. The summed E-state index contributed by atoms with van der Waals surface area (Å²) >= 11 is 2.11. The van der Waals surface area contributed by atoms with Crippen molar-refractivity contribution in [3.05, 3.63) is 117 Å². The van der Waals surface area contributed by atoms with E-state index in [2.05, 4.69) is 87.4 Å². The summed E-state index contributed by atoms with van der Waals surface area (Å²) in [4.78, 5) is 13.3. The highest BCUT2D eigenvalue weighted by Crippen LogP contribution is 2.25. The van der Waals surface area contributed by atoms with Crippen LogP contribution in [0.2, 0.25) is 0 Å². The van der Waals surface area contributed by atoms with Crippen molar-refractivity contribution in [3.63, 3.8) is 0 Å². The van der Waals surface area contributed by atoms with E-state index >= 15 is 0 Å². The zero-order chi connectivity index (χ0) is 29.8. The number of aromatic nitrogens is 1. The second kappa shape index (κ2) is 12.7. The van der Waals surface area contributed by atoms with E-state index in [1.165, 1.54) is 17.7 Å². The molecule has 3 aromatic carbocycles. The molecule has 2 N–H and O–H groups in total. The van der Waals surface area contributed by atoms with E-state index in [4.69, 9.17) is 0 Å². The molecule has 0 aliphatic rings. The maximum Gasteiger partial charge on any atom is 0.258 e. The van der Waals surface area contributed by atoms with Crippen LogP contribution in [0, 0.1) is 17.4 Å². The second-order valence-corrected chi connectivity index (χ2v) is 14.0. The summed E-state index contributed by atoms with van der Waals surface area (Å²) in [5.74, 6) is -0.550. The van der Waals surface area contributed by atoms with Gasteiger partial charge in [0.05, 0.1) is 11.1 Å². The summed E-state index contributed by atoms with van der Waals surface area (Å²) in [5.41, 5.74) is 8.61. The minimum Gasteiger partial charge on any atom is -0.318 e. The van der Waals surface area contributed by atoms with Crippen LogP contribution in [0.4, 0.5) is 0 Å². The third-order valence-electron chi connectivity index (χ3n) is 6.86. The first kappa shape index (κ1) is 30.7. The SMILES string of the molecule is Cc1cc(/C=N\NC(=O)[C@H](Cc2ccccc2)NS(=O)(=O)c2ccc(I)cc2)c(C)n1-c1ccc(C(C)(C)C)cc1. The lowest BCUT2D eigenvalue weighted by molar-refractivity contribution is -0.122. The van der Waals surface area contributed by atoms with Gasteiger partial charge in [-0.25, -0.2) is 13.8 Å². The summed E-state index contributed by atoms with van der Waals surface area (Å²) < 4.78 is 31.8. The number of carbonyl (C=O) groups excluding carboxylic acids is 1. The highest BCUT2D eigenvalue weighted by atomic mass is 127. The molecule has 1 atom stereocenters. The van der Waals surface area contributed by atoms with Gasteiger partial charge in [0.1, 0.15) is 6.04 Å². The topological polar surface area (TPSA) is 92.6 Å². The van der Waals surface area contributed by atoms with Gasteiger partial charge in [-0.05, 0) is 102 Å². The van der Waals surface area contributed by atoms with Crippen molar-refractivity contribution < 1.29 is 13.2 Å². The predicted octanol–water partition coefficient (Wildman–Crippen LogP) is 6.04. The van der Waals surface area contributed by atoms with Gasteiger partial charge < -0.3 is 4.57 Å². The standard InChI is InChI=1S/C32H35IN4O3S/c1-22-19-25(23(2)37(22)28-15-11-26(12-16-28)32(3,4)5)21-34-35-31(38)30(20-24-9-7-6-8-10-24)36-41(39,40)29-17-13-27(33)14-18-29/h6-19,21,30,36H,20H2,1-5H3,(H,35,38)/b34-21-/t30-/m0/s1. The summed E-state index contributed by atoms with van der Waals surface area (Å²) in [6.07, 6.45) is 1.76. The lowest BCUT2D eigenvalue weighted by Gasteiger charge is -2.20. The molecule has 41 heavy (non-hydrogen) atoms. The molecule has 0 aliphatic heterocycles. The second-order valence-electron chi connectivity index (χ2n) is 11.0. The van der Waals surface area contributed by atoms with Crippen LogP contribution >= 0.6 is 22.6 Å². The fourth-order valence-electron chi connectivity index (χ4n) is 4.58. The van der Waals surface area contributed by atoms with Gasteiger partial charge in [-0.2, -0.15) is 9.82 Å². The van der Waals surface area contributed by atoms with Crippen LogP contribution in [0.3, 0.4) is 0 Å². The first-order valence-electron chi connectivity index (χ1n) is 13.3. The maximum absolute atomic E-state index is 13.2. The summed E-state index contributed by atoms with van der Waals surface area (Å²) in [5, 5.41) is 4.20. The average molecular weight is 683 g/mol. The number of aryl methyl sites for hydroxylation is 1. The smallest absolute Gasteiger partial charge is 0.258 e. The van der Waals surface area contributed by atoms with Crippen LogP contribution in [0.25, 0.3) is 5.69 Å². The molecule has 9 heteroatoms. The molecule has 0 saturated carbocycles. The number of nitrogens with zero attached hydrogens (tertiary/aromatic N) is 2. The van der Waals surface area contributed by atoms with E-state index in [1.807, 2.05) is 50.2 Å².